The number of benzene rings is 1. The van der Waals surface area contributed by atoms with Crippen molar-refractivity contribution in [3.05, 3.63) is 84.6 Å². The topological polar surface area (TPSA) is 39.7 Å². The summed E-state index contributed by atoms with van der Waals surface area (Å²) in [4.78, 5) is 9.70. The van der Waals surface area contributed by atoms with Crippen LogP contribution in [0.2, 0.25) is 0 Å². The molecule has 0 saturated carbocycles. The van der Waals surface area contributed by atoms with Gasteiger partial charge in [-0.1, -0.05) is 71.8 Å². The molecule has 1 aliphatic heterocycles. The van der Waals surface area contributed by atoms with Crippen molar-refractivity contribution in [2.24, 2.45) is 0 Å². The van der Waals surface area contributed by atoms with Crippen molar-refractivity contribution in [1.29, 1.82) is 0 Å². The Labute approximate surface area is 117 Å². The summed E-state index contributed by atoms with van der Waals surface area (Å²) in [7, 11) is 0. The van der Waals surface area contributed by atoms with E-state index in [1.165, 1.54) is 0 Å². The van der Waals surface area contributed by atoms with Gasteiger partial charge < -0.3 is 4.89 Å². The summed E-state index contributed by atoms with van der Waals surface area (Å²) in [6.07, 6.45) is 18.6. The van der Waals surface area contributed by atoms with Crippen LogP contribution in [0.3, 0.4) is 0 Å². The molecule has 0 bridgehead atoms. The van der Waals surface area contributed by atoms with Gasteiger partial charge in [0.05, 0.1) is 0 Å². The zero-order valence-corrected chi connectivity index (χ0v) is 10.8. The lowest BCUT2D eigenvalue weighted by molar-refractivity contribution is -0.486. The SMILES string of the molecule is C1=CC=CC=Cc2ccccc2OOONC=CC=C1. The van der Waals surface area contributed by atoms with Crippen LogP contribution in [0.4, 0.5) is 0 Å². The van der Waals surface area contributed by atoms with Gasteiger partial charge >= 0.3 is 0 Å². The molecule has 0 unspecified atom stereocenters. The van der Waals surface area contributed by atoms with Crippen molar-refractivity contribution in [1.82, 2.24) is 5.48 Å². The smallest absolute Gasteiger partial charge is 0.175 e. The van der Waals surface area contributed by atoms with Gasteiger partial charge in [0.1, 0.15) is 0 Å². The van der Waals surface area contributed by atoms with E-state index in [0.717, 1.165) is 5.56 Å². The minimum atomic E-state index is 0.561. The Morgan fingerprint density at radius 3 is 2.30 bits per heavy atom. The molecule has 1 aliphatic rings. The first kappa shape index (κ1) is 13.9. The quantitative estimate of drug-likeness (QED) is 0.730. The molecule has 0 saturated heterocycles. The van der Waals surface area contributed by atoms with Gasteiger partial charge in [0, 0.05) is 16.8 Å². The summed E-state index contributed by atoms with van der Waals surface area (Å²) < 4.78 is 0. The van der Waals surface area contributed by atoms with E-state index in [4.69, 9.17) is 4.89 Å². The highest BCUT2D eigenvalue weighted by molar-refractivity contribution is 5.58. The molecule has 1 aromatic carbocycles. The van der Waals surface area contributed by atoms with Crippen molar-refractivity contribution in [2.75, 3.05) is 0 Å². The van der Waals surface area contributed by atoms with Crippen molar-refractivity contribution >= 4 is 6.08 Å². The highest BCUT2D eigenvalue weighted by Gasteiger charge is 2.00. The fourth-order valence-electron chi connectivity index (χ4n) is 1.43. The summed E-state index contributed by atoms with van der Waals surface area (Å²) >= 11 is 0. The van der Waals surface area contributed by atoms with E-state index in [9.17, 15) is 0 Å². The molecular weight excluding hydrogens is 254 g/mol. The molecule has 1 heterocycles. The summed E-state index contributed by atoms with van der Waals surface area (Å²) in [6, 6.07) is 7.47. The van der Waals surface area contributed by atoms with Gasteiger partial charge in [-0.2, -0.15) is 0 Å². The summed E-state index contributed by atoms with van der Waals surface area (Å²) in [6.45, 7) is 0. The predicted octanol–water partition coefficient (Wildman–Crippen LogP) is 3.64. The van der Waals surface area contributed by atoms with E-state index >= 15 is 0 Å². The number of allylic oxidation sites excluding steroid dienone is 8. The lowest BCUT2D eigenvalue weighted by Crippen LogP contribution is -2.09. The second-order valence-corrected chi connectivity index (χ2v) is 3.76. The van der Waals surface area contributed by atoms with Crippen molar-refractivity contribution in [2.45, 2.75) is 0 Å². The van der Waals surface area contributed by atoms with Crippen molar-refractivity contribution in [3.8, 4) is 5.75 Å². The van der Waals surface area contributed by atoms with Gasteiger partial charge in [0.15, 0.2) is 5.75 Å². The van der Waals surface area contributed by atoms with Crippen LogP contribution in [0.15, 0.2) is 79.1 Å². The Balaban J connectivity index is 2.13. The summed E-state index contributed by atoms with van der Waals surface area (Å²) in [5.41, 5.74) is 3.34. The van der Waals surface area contributed by atoms with Gasteiger partial charge in [-0.05, 0) is 12.1 Å². The van der Waals surface area contributed by atoms with E-state index in [-0.39, 0.29) is 0 Å². The monoisotopic (exact) mass is 269 g/mol. The maximum absolute atomic E-state index is 5.06. The molecule has 0 aromatic heterocycles. The van der Waals surface area contributed by atoms with Crippen LogP contribution in [0.25, 0.3) is 6.08 Å². The van der Waals surface area contributed by atoms with Crippen LogP contribution in [-0.4, -0.2) is 0 Å². The fraction of sp³-hybridized carbons (Fsp3) is 0. The van der Waals surface area contributed by atoms with Crippen LogP contribution >= 0.6 is 0 Å². The van der Waals surface area contributed by atoms with E-state index in [0.29, 0.717) is 5.75 Å². The van der Waals surface area contributed by atoms with Gasteiger partial charge in [-0.3, -0.25) is 0 Å². The maximum Gasteiger partial charge on any atom is 0.175 e. The van der Waals surface area contributed by atoms with Crippen molar-refractivity contribution in [3.63, 3.8) is 0 Å². The number of nitrogens with one attached hydrogen (secondary N) is 1. The normalized spacial score (nSPS) is 15.4. The first-order valence-electron chi connectivity index (χ1n) is 6.15. The average Bonchev–Trinajstić information content (AvgIpc) is 2.47. The molecule has 2 rings (SSSR count). The molecule has 0 aliphatic carbocycles. The minimum absolute atomic E-state index is 0.561. The van der Waals surface area contributed by atoms with E-state index < -0.39 is 0 Å². The van der Waals surface area contributed by atoms with E-state index in [2.05, 4.69) is 15.5 Å². The zero-order chi connectivity index (χ0) is 13.9. The first-order valence-corrected chi connectivity index (χ1v) is 6.15. The Kier molecular flexibility index (Phi) is 5.91. The van der Waals surface area contributed by atoms with Crippen LogP contribution in [0, 0.1) is 0 Å². The van der Waals surface area contributed by atoms with E-state index in [1.54, 1.807) is 18.3 Å². The third-order valence-electron chi connectivity index (χ3n) is 2.34. The molecule has 0 radical (unpaired) electrons. The molecule has 0 amide bonds. The molecule has 20 heavy (non-hydrogen) atoms. The van der Waals surface area contributed by atoms with Crippen molar-refractivity contribution < 1.29 is 14.9 Å². The Morgan fingerprint density at radius 2 is 1.45 bits per heavy atom. The summed E-state index contributed by atoms with van der Waals surface area (Å²) in [5.74, 6) is 0.561. The van der Waals surface area contributed by atoms with Gasteiger partial charge in [-0.15, -0.1) is 0 Å². The number of hydrogen-bond donors (Lipinski definition) is 1. The van der Waals surface area contributed by atoms with Crippen LogP contribution in [0.5, 0.6) is 5.75 Å². The molecular formula is C16H15NO3. The third-order valence-corrected chi connectivity index (χ3v) is 2.34. The third kappa shape index (κ3) is 4.97. The Bertz CT molecular complexity index is 557. The number of hydrogen-bond acceptors (Lipinski definition) is 4. The highest BCUT2D eigenvalue weighted by atomic mass is 17.5. The van der Waals surface area contributed by atoms with E-state index in [1.807, 2.05) is 66.8 Å². The number of rotatable bonds is 0. The molecule has 1 aromatic rings. The molecule has 0 spiro atoms. The fourth-order valence-corrected chi connectivity index (χ4v) is 1.43. The molecule has 4 heteroatoms. The second-order valence-electron chi connectivity index (χ2n) is 3.76. The number of hydroxylamine groups is 1. The largest absolute Gasteiger partial charge is 0.306 e. The number of fused-ring (bicyclic) bond motifs is 1. The van der Waals surface area contributed by atoms with Crippen LogP contribution in [0.1, 0.15) is 5.56 Å². The Morgan fingerprint density at radius 1 is 0.750 bits per heavy atom. The van der Waals surface area contributed by atoms with Gasteiger partial charge in [-0.25, -0.2) is 5.48 Å². The van der Waals surface area contributed by atoms with Gasteiger partial charge in [0.25, 0.3) is 0 Å². The van der Waals surface area contributed by atoms with Gasteiger partial charge in [0.2, 0.25) is 0 Å². The molecule has 102 valence electrons. The molecule has 4 nitrogen and oxygen atoms in total. The Hall–Kier alpha value is -2.56. The maximum atomic E-state index is 5.06. The molecule has 0 atom stereocenters. The standard InChI is InChI=1S/C16H15NO3/c1-2-4-6-10-14-17-19-20-18-16-13-9-8-12-15(16)11-7-5-3-1/h1-14,17H. The predicted molar refractivity (Wildman–Crippen MR) is 78.0 cm³/mol. The first-order chi connectivity index (χ1) is 9.97. The molecule has 0 fully saturated rings. The zero-order valence-electron chi connectivity index (χ0n) is 10.8. The second kappa shape index (κ2) is 8.53. The lowest BCUT2D eigenvalue weighted by atomic mass is 10.2. The van der Waals surface area contributed by atoms with Crippen LogP contribution in [-0.2, 0) is 10.0 Å². The highest BCUT2D eigenvalue weighted by Crippen LogP contribution is 2.19. The summed E-state index contributed by atoms with van der Waals surface area (Å²) in [5, 5.41) is 4.61. The molecule has 1 N–H and O–H groups in total. The minimum Gasteiger partial charge on any atom is -0.306 e. The lowest BCUT2D eigenvalue weighted by Gasteiger charge is -2.05. The van der Waals surface area contributed by atoms with Crippen LogP contribution < -0.4 is 10.4 Å². The number of para-hydroxylation sites is 1. The average molecular weight is 269 g/mol.